The van der Waals surface area contributed by atoms with Crippen LogP contribution in [0, 0.1) is 5.92 Å². The zero-order valence-electron chi connectivity index (χ0n) is 15.7. The summed E-state index contributed by atoms with van der Waals surface area (Å²) in [5.41, 5.74) is 4.48. The average Bonchev–Trinajstić information content (AvgIpc) is 2.73. The van der Waals surface area contributed by atoms with Crippen LogP contribution in [0.4, 0.5) is 8.78 Å². The maximum atomic E-state index is 12.8. The van der Waals surface area contributed by atoms with Crippen molar-refractivity contribution >= 4 is 12.0 Å². The van der Waals surface area contributed by atoms with Gasteiger partial charge in [0.1, 0.15) is 5.75 Å². The average molecular weight is 390 g/mol. The van der Waals surface area contributed by atoms with Gasteiger partial charge in [-0.25, -0.2) is 14.3 Å². The molecule has 0 aliphatic carbocycles. The molecule has 0 heterocycles. The Kier molecular flexibility index (Phi) is 8.10. The van der Waals surface area contributed by atoms with Gasteiger partial charge in [-0.05, 0) is 28.8 Å². The Morgan fingerprint density at radius 3 is 2.18 bits per heavy atom. The van der Waals surface area contributed by atoms with E-state index in [1.54, 1.807) is 13.2 Å². The fourth-order valence-electron chi connectivity index (χ4n) is 2.69. The predicted octanol–water partition coefficient (Wildman–Crippen LogP) is 3.74. The van der Waals surface area contributed by atoms with Crippen LogP contribution in [0.15, 0.2) is 54.6 Å². The number of alkyl halides is 2. The standard InChI is InChI=1S/C21H24F2N2O3/c1-14(20(22)23)19(21(26)25-27)24-13-3-4-15-5-7-16(8-6-15)17-9-11-18(28-2)12-10-17/h3-12,14,19-20,24,27H,13H2,1-2H3,(H,25,26)/b4-3+. The third kappa shape index (κ3) is 5.87. The van der Waals surface area contributed by atoms with Crippen molar-refractivity contribution in [2.24, 2.45) is 5.92 Å². The number of amides is 1. The first-order valence-corrected chi connectivity index (χ1v) is 8.82. The molecule has 2 aromatic carbocycles. The monoisotopic (exact) mass is 390 g/mol. The number of ether oxygens (including phenoxy) is 1. The summed E-state index contributed by atoms with van der Waals surface area (Å²) in [5, 5.41) is 11.4. The summed E-state index contributed by atoms with van der Waals surface area (Å²) in [7, 11) is 1.62. The molecular formula is C21H24F2N2O3. The summed E-state index contributed by atoms with van der Waals surface area (Å²) < 4.78 is 30.8. The van der Waals surface area contributed by atoms with E-state index in [0.29, 0.717) is 0 Å². The van der Waals surface area contributed by atoms with Crippen LogP contribution in [-0.4, -0.2) is 37.2 Å². The number of methoxy groups -OCH3 is 1. The number of nitrogens with one attached hydrogen (secondary N) is 2. The molecule has 2 atom stereocenters. The molecule has 0 radical (unpaired) electrons. The minimum Gasteiger partial charge on any atom is -0.497 e. The highest BCUT2D eigenvalue weighted by atomic mass is 19.3. The lowest BCUT2D eigenvalue weighted by Gasteiger charge is -2.21. The molecule has 1 amide bonds. The largest absolute Gasteiger partial charge is 0.497 e. The van der Waals surface area contributed by atoms with Crippen molar-refractivity contribution in [3.05, 3.63) is 60.2 Å². The number of hydrogen-bond acceptors (Lipinski definition) is 4. The molecule has 2 unspecified atom stereocenters. The molecule has 0 spiro atoms. The Bertz CT molecular complexity index is 777. The second-order valence-corrected chi connectivity index (χ2v) is 6.31. The van der Waals surface area contributed by atoms with Gasteiger partial charge in [0.25, 0.3) is 5.91 Å². The molecule has 0 bridgehead atoms. The van der Waals surface area contributed by atoms with Crippen molar-refractivity contribution in [1.29, 1.82) is 0 Å². The molecule has 3 N–H and O–H groups in total. The first-order chi connectivity index (χ1) is 13.5. The Balaban J connectivity index is 1.95. The summed E-state index contributed by atoms with van der Waals surface area (Å²) in [6, 6.07) is 14.4. The van der Waals surface area contributed by atoms with Crippen LogP contribution in [0.1, 0.15) is 12.5 Å². The summed E-state index contributed by atoms with van der Waals surface area (Å²) >= 11 is 0. The lowest BCUT2D eigenvalue weighted by atomic mass is 10.0. The second kappa shape index (κ2) is 10.5. The molecule has 0 aromatic heterocycles. The molecule has 2 rings (SSSR count). The van der Waals surface area contributed by atoms with E-state index in [9.17, 15) is 13.6 Å². The Labute approximate surface area is 163 Å². The van der Waals surface area contributed by atoms with E-state index >= 15 is 0 Å². The Hall–Kier alpha value is -2.77. The summed E-state index contributed by atoms with van der Waals surface area (Å²) in [6.45, 7) is 1.45. The second-order valence-electron chi connectivity index (χ2n) is 6.31. The number of carbonyl (C=O) groups excluding carboxylic acids is 1. The van der Waals surface area contributed by atoms with E-state index in [1.807, 2.05) is 54.6 Å². The van der Waals surface area contributed by atoms with Crippen LogP contribution in [0.2, 0.25) is 0 Å². The Morgan fingerprint density at radius 2 is 1.68 bits per heavy atom. The first-order valence-electron chi connectivity index (χ1n) is 8.82. The van der Waals surface area contributed by atoms with Crippen LogP contribution < -0.4 is 15.5 Å². The van der Waals surface area contributed by atoms with Crippen molar-refractivity contribution in [3.8, 4) is 16.9 Å². The van der Waals surface area contributed by atoms with Crippen molar-refractivity contribution < 1.29 is 23.5 Å². The van der Waals surface area contributed by atoms with Crippen molar-refractivity contribution in [2.45, 2.75) is 19.4 Å². The minimum atomic E-state index is -2.68. The fraction of sp³-hybridized carbons (Fsp3) is 0.286. The van der Waals surface area contributed by atoms with E-state index in [4.69, 9.17) is 9.94 Å². The minimum absolute atomic E-state index is 0.204. The van der Waals surface area contributed by atoms with Crippen LogP contribution in [0.5, 0.6) is 5.75 Å². The summed E-state index contributed by atoms with van der Waals surface area (Å²) in [5.74, 6) is -1.32. The number of hydrogen-bond donors (Lipinski definition) is 3. The van der Waals surface area contributed by atoms with Gasteiger partial charge in [-0.1, -0.05) is 55.5 Å². The quantitative estimate of drug-likeness (QED) is 0.451. The van der Waals surface area contributed by atoms with Gasteiger partial charge in [-0.2, -0.15) is 0 Å². The van der Waals surface area contributed by atoms with Gasteiger partial charge in [-0.3, -0.25) is 10.0 Å². The topological polar surface area (TPSA) is 70.6 Å². The predicted molar refractivity (Wildman–Crippen MR) is 104 cm³/mol. The van der Waals surface area contributed by atoms with Gasteiger partial charge in [0, 0.05) is 12.5 Å². The van der Waals surface area contributed by atoms with Gasteiger partial charge >= 0.3 is 0 Å². The van der Waals surface area contributed by atoms with Crippen LogP contribution >= 0.6 is 0 Å². The number of carbonyl (C=O) groups is 1. The summed E-state index contributed by atoms with van der Waals surface area (Å²) in [6.07, 6.45) is 0.883. The molecule has 7 heteroatoms. The summed E-state index contributed by atoms with van der Waals surface area (Å²) in [4.78, 5) is 11.5. The van der Waals surface area contributed by atoms with Crippen molar-refractivity contribution in [1.82, 2.24) is 10.8 Å². The number of hydroxylamine groups is 1. The highest BCUT2D eigenvalue weighted by Gasteiger charge is 2.30. The third-order valence-corrected chi connectivity index (χ3v) is 4.42. The highest BCUT2D eigenvalue weighted by molar-refractivity contribution is 5.81. The lowest BCUT2D eigenvalue weighted by Crippen LogP contribution is -2.49. The lowest BCUT2D eigenvalue weighted by molar-refractivity contribution is -0.134. The van der Waals surface area contributed by atoms with E-state index in [0.717, 1.165) is 22.4 Å². The van der Waals surface area contributed by atoms with Crippen molar-refractivity contribution in [2.75, 3.05) is 13.7 Å². The molecule has 28 heavy (non-hydrogen) atoms. The third-order valence-electron chi connectivity index (χ3n) is 4.42. The van der Waals surface area contributed by atoms with Crippen LogP contribution in [0.3, 0.4) is 0 Å². The molecule has 150 valence electrons. The van der Waals surface area contributed by atoms with Gasteiger partial charge in [0.05, 0.1) is 13.2 Å². The molecule has 0 aliphatic heterocycles. The number of halogens is 2. The highest BCUT2D eigenvalue weighted by Crippen LogP contribution is 2.23. The molecule has 0 saturated carbocycles. The van der Waals surface area contributed by atoms with E-state index in [-0.39, 0.29) is 6.54 Å². The zero-order chi connectivity index (χ0) is 20.5. The molecule has 0 fully saturated rings. The number of benzene rings is 2. The maximum Gasteiger partial charge on any atom is 0.260 e. The van der Waals surface area contributed by atoms with E-state index < -0.39 is 24.3 Å². The molecular weight excluding hydrogens is 366 g/mol. The smallest absolute Gasteiger partial charge is 0.260 e. The zero-order valence-corrected chi connectivity index (χ0v) is 15.7. The first kappa shape index (κ1) is 21.5. The maximum absolute atomic E-state index is 12.8. The van der Waals surface area contributed by atoms with Gasteiger partial charge in [-0.15, -0.1) is 0 Å². The van der Waals surface area contributed by atoms with Crippen molar-refractivity contribution in [3.63, 3.8) is 0 Å². The van der Waals surface area contributed by atoms with Crippen LogP contribution in [-0.2, 0) is 4.79 Å². The Morgan fingerprint density at radius 1 is 1.11 bits per heavy atom. The van der Waals surface area contributed by atoms with Crippen LogP contribution in [0.25, 0.3) is 17.2 Å². The molecule has 2 aromatic rings. The fourth-order valence-corrected chi connectivity index (χ4v) is 2.69. The molecule has 0 saturated heterocycles. The van der Waals surface area contributed by atoms with Gasteiger partial charge in [0.15, 0.2) is 0 Å². The van der Waals surface area contributed by atoms with Gasteiger partial charge < -0.3 is 10.1 Å². The molecule has 0 aliphatic rings. The normalized spacial score (nSPS) is 13.5. The van der Waals surface area contributed by atoms with E-state index in [1.165, 1.54) is 12.4 Å². The van der Waals surface area contributed by atoms with Gasteiger partial charge in [0.2, 0.25) is 6.43 Å². The SMILES string of the molecule is COc1ccc(-c2ccc(/C=C/CNC(C(=O)NO)C(C)C(F)F)cc2)cc1. The van der Waals surface area contributed by atoms with E-state index in [2.05, 4.69) is 5.32 Å². The number of rotatable bonds is 9. The molecule has 5 nitrogen and oxygen atoms in total.